The molecule has 1 rings (SSSR count). The molecule has 0 fully saturated rings. The lowest BCUT2D eigenvalue weighted by molar-refractivity contribution is 0.0300. The van der Waals surface area contributed by atoms with Crippen LogP contribution in [0, 0.1) is 0 Å². The van der Waals surface area contributed by atoms with E-state index in [9.17, 15) is 10.2 Å². The van der Waals surface area contributed by atoms with Crippen LogP contribution in [0.5, 0.6) is 0 Å². The Kier molecular flexibility index (Phi) is 3.41. The van der Waals surface area contributed by atoms with Crippen LogP contribution >= 0.6 is 11.6 Å². The van der Waals surface area contributed by atoms with E-state index in [1.807, 2.05) is 0 Å². The summed E-state index contributed by atoms with van der Waals surface area (Å²) in [4.78, 5) is 7.39. The predicted molar refractivity (Wildman–Crippen MR) is 48.1 cm³/mol. The molecule has 1 aromatic rings. The van der Waals surface area contributed by atoms with Crippen molar-refractivity contribution in [2.45, 2.75) is 12.2 Å². The molecule has 0 bridgehead atoms. The minimum atomic E-state index is -1.12. The molecule has 0 saturated carbocycles. The maximum atomic E-state index is 9.43. The van der Waals surface area contributed by atoms with Gasteiger partial charge >= 0.3 is 0 Å². The first-order valence-corrected chi connectivity index (χ1v) is 4.19. The lowest BCUT2D eigenvalue weighted by Gasteiger charge is -2.14. The molecule has 13 heavy (non-hydrogen) atoms. The van der Waals surface area contributed by atoms with Gasteiger partial charge in [-0.25, -0.2) is 9.97 Å². The first kappa shape index (κ1) is 10.2. The highest BCUT2D eigenvalue weighted by Gasteiger charge is 2.18. The molecule has 1 heterocycles. The average Bonchev–Trinajstić information content (AvgIpc) is 2.15. The van der Waals surface area contributed by atoms with Crippen molar-refractivity contribution < 1.29 is 10.2 Å². The number of anilines is 1. The van der Waals surface area contributed by atoms with Crippen LogP contribution in [0.2, 0.25) is 0 Å². The zero-order chi connectivity index (χ0) is 9.84. The quantitative estimate of drug-likeness (QED) is 0.587. The second-order valence-corrected chi connectivity index (χ2v) is 2.81. The monoisotopic (exact) mass is 203 g/mol. The molecule has 0 radical (unpaired) electrons. The van der Waals surface area contributed by atoms with Crippen molar-refractivity contribution in [2.24, 2.45) is 0 Å². The summed E-state index contributed by atoms with van der Waals surface area (Å²) in [6, 6.07) is 1.47. The number of rotatable bonds is 3. The van der Waals surface area contributed by atoms with Crippen LogP contribution in [0.4, 0.5) is 5.95 Å². The Labute approximate surface area is 80.2 Å². The first-order chi connectivity index (χ1) is 6.15. The summed E-state index contributed by atoms with van der Waals surface area (Å²) in [6.07, 6.45) is -0.763. The Morgan fingerprint density at radius 2 is 2.23 bits per heavy atom. The fourth-order valence-electron chi connectivity index (χ4n) is 0.835. The predicted octanol–water partition coefficient (Wildman–Crippen LogP) is -0.308. The Morgan fingerprint density at radius 3 is 2.77 bits per heavy atom. The number of halogens is 1. The van der Waals surface area contributed by atoms with Crippen molar-refractivity contribution in [2.75, 3.05) is 11.6 Å². The fourth-order valence-corrected chi connectivity index (χ4v) is 1.00. The van der Waals surface area contributed by atoms with Crippen LogP contribution in [0.25, 0.3) is 0 Å². The Hall–Kier alpha value is -0.910. The Morgan fingerprint density at radius 1 is 1.54 bits per heavy atom. The zero-order valence-electron chi connectivity index (χ0n) is 6.76. The number of nitrogen functional groups attached to an aromatic ring is 1. The first-order valence-electron chi connectivity index (χ1n) is 3.65. The van der Waals surface area contributed by atoms with Gasteiger partial charge in [-0.05, 0) is 6.07 Å². The minimum absolute atomic E-state index is 0.0540. The van der Waals surface area contributed by atoms with Gasteiger partial charge in [-0.15, -0.1) is 11.6 Å². The molecule has 5 nitrogen and oxygen atoms in total. The van der Waals surface area contributed by atoms with Crippen molar-refractivity contribution in [3.8, 4) is 0 Å². The van der Waals surface area contributed by atoms with E-state index in [1.165, 1.54) is 12.3 Å². The third-order valence-corrected chi connectivity index (χ3v) is 1.84. The van der Waals surface area contributed by atoms with Crippen LogP contribution in [0.1, 0.15) is 11.8 Å². The molecule has 72 valence electrons. The number of nitrogens with zero attached hydrogens (tertiary/aromatic N) is 2. The molecule has 0 aromatic carbocycles. The number of aliphatic hydroxyl groups is 2. The standard InChI is InChI=1S/C7H10ClN3O2/c8-3-5(12)6(13)4-1-2-10-7(9)11-4/h1-2,5-6,12-13H,3H2,(H2,9,10,11). The topological polar surface area (TPSA) is 92.3 Å². The van der Waals surface area contributed by atoms with Gasteiger partial charge in [-0.2, -0.15) is 0 Å². The molecule has 0 aliphatic heterocycles. The lowest BCUT2D eigenvalue weighted by Crippen LogP contribution is -2.21. The van der Waals surface area contributed by atoms with Gasteiger partial charge in [0, 0.05) is 6.20 Å². The van der Waals surface area contributed by atoms with E-state index >= 15 is 0 Å². The van der Waals surface area contributed by atoms with E-state index in [4.69, 9.17) is 17.3 Å². The summed E-state index contributed by atoms with van der Waals surface area (Å²) in [5.41, 5.74) is 5.55. The maximum absolute atomic E-state index is 9.43. The maximum Gasteiger partial charge on any atom is 0.220 e. The highest BCUT2D eigenvalue weighted by atomic mass is 35.5. The molecular formula is C7H10ClN3O2. The van der Waals surface area contributed by atoms with Crippen LogP contribution in [0.3, 0.4) is 0 Å². The van der Waals surface area contributed by atoms with Gasteiger partial charge in [0.2, 0.25) is 5.95 Å². The highest BCUT2D eigenvalue weighted by Crippen LogP contribution is 2.15. The molecule has 0 amide bonds. The van der Waals surface area contributed by atoms with Crippen molar-refractivity contribution in [3.63, 3.8) is 0 Å². The number of nitrogens with two attached hydrogens (primary N) is 1. The summed E-state index contributed by atoms with van der Waals surface area (Å²) in [6.45, 7) is 0. The van der Waals surface area contributed by atoms with Gasteiger partial charge < -0.3 is 15.9 Å². The van der Waals surface area contributed by atoms with Crippen molar-refractivity contribution in [1.82, 2.24) is 9.97 Å². The van der Waals surface area contributed by atoms with E-state index < -0.39 is 12.2 Å². The molecule has 0 saturated heterocycles. The summed E-state index contributed by atoms with van der Waals surface area (Å²) < 4.78 is 0. The average molecular weight is 204 g/mol. The van der Waals surface area contributed by atoms with Crippen molar-refractivity contribution in [1.29, 1.82) is 0 Å². The molecule has 6 heteroatoms. The lowest BCUT2D eigenvalue weighted by atomic mass is 10.1. The van der Waals surface area contributed by atoms with E-state index in [1.54, 1.807) is 0 Å². The van der Waals surface area contributed by atoms with Crippen LogP contribution in [0.15, 0.2) is 12.3 Å². The molecule has 4 N–H and O–H groups in total. The second kappa shape index (κ2) is 4.36. The molecule has 2 unspecified atom stereocenters. The van der Waals surface area contributed by atoms with Gasteiger partial charge in [0.1, 0.15) is 6.10 Å². The van der Waals surface area contributed by atoms with E-state index in [-0.39, 0.29) is 17.5 Å². The van der Waals surface area contributed by atoms with Crippen LogP contribution < -0.4 is 5.73 Å². The van der Waals surface area contributed by atoms with E-state index in [0.29, 0.717) is 0 Å². The smallest absolute Gasteiger partial charge is 0.220 e. The number of hydrogen-bond donors (Lipinski definition) is 3. The molecule has 0 aliphatic carbocycles. The van der Waals surface area contributed by atoms with Gasteiger partial charge in [0.25, 0.3) is 0 Å². The second-order valence-electron chi connectivity index (χ2n) is 2.51. The third-order valence-electron chi connectivity index (χ3n) is 1.52. The molecule has 1 aromatic heterocycles. The van der Waals surface area contributed by atoms with Gasteiger partial charge in [0.15, 0.2) is 0 Å². The number of aromatic nitrogens is 2. The minimum Gasteiger partial charge on any atom is -0.389 e. The number of alkyl halides is 1. The number of aliphatic hydroxyl groups excluding tert-OH is 2. The normalized spacial score (nSPS) is 15.3. The number of hydrogen-bond acceptors (Lipinski definition) is 5. The third kappa shape index (κ3) is 2.51. The molecular weight excluding hydrogens is 194 g/mol. The zero-order valence-corrected chi connectivity index (χ0v) is 7.52. The molecule has 2 atom stereocenters. The van der Waals surface area contributed by atoms with Crippen molar-refractivity contribution in [3.05, 3.63) is 18.0 Å². The summed E-state index contributed by atoms with van der Waals surface area (Å²) in [5.74, 6) is -0.0104. The summed E-state index contributed by atoms with van der Waals surface area (Å²) >= 11 is 5.35. The van der Waals surface area contributed by atoms with E-state index in [2.05, 4.69) is 9.97 Å². The van der Waals surface area contributed by atoms with Gasteiger partial charge in [0.05, 0.1) is 17.7 Å². The largest absolute Gasteiger partial charge is 0.389 e. The Bertz CT molecular complexity index is 284. The van der Waals surface area contributed by atoms with Crippen molar-refractivity contribution >= 4 is 17.5 Å². The van der Waals surface area contributed by atoms with Crippen LogP contribution in [-0.4, -0.2) is 32.2 Å². The fraction of sp³-hybridized carbons (Fsp3) is 0.429. The molecule has 0 aliphatic rings. The van der Waals surface area contributed by atoms with E-state index in [0.717, 1.165) is 0 Å². The summed E-state index contributed by atoms with van der Waals surface area (Å²) in [5, 5.41) is 18.6. The highest BCUT2D eigenvalue weighted by molar-refractivity contribution is 6.18. The molecule has 0 spiro atoms. The van der Waals surface area contributed by atoms with Gasteiger partial charge in [-0.1, -0.05) is 0 Å². The Balaban J connectivity index is 2.82. The van der Waals surface area contributed by atoms with Gasteiger partial charge in [-0.3, -0.25) is 0 Å². The SMILES string of the molecule is Nc1nccc(C(O)C(O)CCl)n1. The summed E-state index contributed by atoms with van der Waals surface area (Å²) in [7, 11) is 0. The van der Waals surface area contributed by atoms with Crippen LogP contribution in [-0.2, 0) is 0 Å².